The number of anilines is 2. The SMILES string of the molecule is O=C(Nc1ccc(Cl)cc1F)Nc1ccc(Cl)cc1F. The van der Waals surface area contributed by atoms with Crippen LogP contribution in [0, 0.1) is 11.6 Å². The first-order valence-electron chi connectivity index (χ1n) is 5.44. The highest BCUT2D eigenvalue weighted by molar-refractivity contribution is 6.31. The van der Waals surface area contributed by atoms with E-state index in [1.807, 2.05) is 0 Å². The largest absolute Gasteiger partial charge is 0.323 e. The highest BCUT2D eigenvalue weighted by Crippen LogP contribution is 2.21. The highest BCUT2D eigenvalue weighted by Gasteiger charge is 2.10. The van der Waals surface area contributed by atoms with E-state index in [1.165, 1.54) is 24.3 Å². The molecule has 2 aromatic carbocycles. The molecule has 20 heavy (non-hydrogen) atoms. The van der Waals surface area contributed by atoms with Crippen LogP contribution < -0.4 is 10.6 Å². The van der Waals surface area contributed by atoms with Gasteiger partial charge in [-0.25, -0.2) is 13.6 Å². The Labute approximate surface area is 123 Å². The van der Waals surface area contributed by atoms with Gasteiger partial charge in [-0.15, -0.1) is 0 Å². The molecule has 0 unspecified atom stereocenters. The van der Waals surface area contributed by atoms with Crippen LogP contribution in [-0.2, 0) is 0 Å². The molecule has 0 fully saturated rings. The molecule has 0 atom stereocenters. The average Bonchev–Trinajstić information content (AvgIpc) is 2.36. The Morgan fingerprint density at radius 2 is 1.25 bits per heavy atom. The molecule has 2 rings (SSSR count). The first kappa shape index (κ1) is 14.6. The van der Waals surface area contributed by atoms with Crippen molar-refractivity contribution in [1.29, 1.82) is 0 Å². The van der Waals surface area contributed by atoms with Crippen molar-refractivity contribution in [1.82, 2.24) is 0 Å². The van der Waals surface area contributed by atoms with Crippen LogP contribution in [0.15, 0.2) is 36.4 Å². The monoisotopic (exact) mass is 316 g/mol. The van der Waals surface area contributed by atoms with Gasteiger partial charge < -0.3 is 10.6 Å². The Hall–Kier alpha value is -1.85. The second-order valence-electron chi connectivity index (χ2n) is 3.83. The third-order valence-corrected chi connectivity index (χ3v) is 2.83. The van der Waals surface area contributed by atoms with Crippen molar-refractivity contribution in [2.75, 3.05) is 10.6 Å². The molecule has 0 saturated carbocycles. The van der Waals surface area contributed by atoms with Crippen LogP contribution in [0.3, 0.4) is 0 Å². The molecule has 0 aliphatic rings. The molecule has 7 heteroatoms. The van der Waals surface area contributed by atoms with Gasteiger partial charge in [-0.3, -0.25) is 0 Å². The molecule has 0 bridgehead atoms. The topological polar surface area (TPSA) is 41.1 Å². The lowest BCUT2D eigenvalue weighted by Crippen LogP contribution is -2.20. The smallest absolute Gasteiger partial charge is 0.305 e. The number of rotatable bonds is 2. The lowest BCUT2D eigenvalue weighted by atomic mass is 10.3. The molecule has 2 aromatic rings. The van der Waals surface area contributed by atoms with Crippen LogP contribution in [0.2, 0.25) is 10.0 Å². The Morgan fingerprint density at radius 1 is 0.850 bits per heavy atom. The van der Waals surface area contributed by atoms with Crippen molar-refractivity contribution >= 4 is 40.6 Å². The predicted molar refractivity (Wildman–Crippen MR) is 75.5 cm³/mol. The predicted octanol–water partition coefficient (Wildman–Crippen LogP) is 4.92. The van der Waals surface area contributed by atoms with Gasteiger partial charge >= 0.3 is 6.03 Å². The van der Waals surface area contributed by atoms with E-state index in [0.717, 1.165) is 12.1 Å². The fraction of sp³-hybridized carbons (Fsp3) is 0. The van der Waals surface area contributed by atoms with Gasteiger partial charge in [-0.2, -0.15) is 0 Å². The second-order valence-corrected chi connectivity index (χ2v) is 4.70. The normalized spacial score (nSPS) is 10.2. The summed E-state index contributed by atoms with van der Waals surface area (Å²) in [6.45, 7) is 0. The minimum atomic E-state index is -0.785. The number of nitrogens with one attached hydrogen (secondary N) is 2. The number of benzene rings is 2. The zero-order chi connectivity index (χ0) is 14.7. The molecular formula is C13H8Cl2F2N2O. The van der Waals surface area contributed by atoms with E-state index in [2.05, 4.69) is 10.6 Å². The number of carbonyl (C=O) groups excluding carboxylic acids is 1. The van der Waals surface area contributed by atoms with Crippen molar-refractivity contribution in [3.05, 3.63) is 58.1 Å². The standard InChI is InChI=1S/C13H8Cl2F2N2O/c14-7-1-3-11(9(16)5-7)18-13(20)19-12-4-2-8(15)6-10(12)17/h1-6H,(H2,18,19,20). The van der Waals surface area contributed by atoms with Crippen molar-refractivity contribution in [3.8, 4) is 0 Å². The second kappa shape index (κ2) is 6.07. The molecule has 0 aromatic heterocycles. The minimum absolute atomic E-state index is 0.0683. The summed E-state index contributed by atoms with van der Waals surface area (Å²) >= 11 is 11.2. The van der Waals surface area contributed by atoms with Crippen molar-refractivity contribution in [2.45, 2.75) is 0 Å². The van der Waals surface area contributed by atoms with Gasteiger partial charge in [0, 0.05) is 10.0 Å². The maximum Gasteiger partial charge on any atom is 0.323 e. The molecule has 2 amide bonds. The molecular weight excluding hydrogens is 309 g/mol. The third-order valence-electron chi connectivity index (χ3n) is 2.36. The van der Waals surface area contributed by atoms with E-state index in [4.69, 9.17) is 23.2 Å². The summed E-state index contributed by atoms with van der Waals surface area (Å²) in [6, 6.07) is 6.77. The maximum atomic E-state index is 13.5. The van der Waals surface area contributed by atoms with Gasteiger partial charge in [0.05, 0.1) is 11.4 Å². The number of hydrogen-bond acceptors (Lipinski definition) is 1. The van der Waals surface area contributed by atoms with E-state index in [-0.39, 0.29) is 21.4 Å². The summed E-state index contributed by atoms with van der Waals surface area (Å²) in [4.78, 5) is 11.6. The number of urea groups is 1. The Balaban J connectivity index is 2.09. The van der Waals surface area contributed by atoms with Crippen LogP contribution in [0.5, 0.6) is 0 Å². The van der Waals surface area contributed by atoms with Crippen molar-refractivity contribution in [3.63, 3.8) is 0 Å². The summed E-state index contributed by atoms with van der Waals surface area (Å²) in [5.74, 6) is -1.38. The van der Waals surface area contributed by atoms with Crippen molar-refractivity contribution in [2.24, 2.45) is 0 Å². The molecule has 104 valence electrons. The zero-order valence-electron chi connectivity index (χ0n) is 9.88. The number of hydrogen-bond donors (Lipinski definition) is 2. The van der Waals surface area contributed by atoms with Crippen LogP contribution in [-0.4, -0.2) is 6.03 Å². The van der Waals surface area contributed by atoms with Crippen LogP contribution in [0.1, 0.15) is 0 Å². The van der Waals surface area contributed by atoms with Crippen LogP contribution >= 0.6 is 23.2 Å². The molecule has 3 nitrogen and oxygen atoms in total. The molecule has 0 aliphatic heterocycles. The molecule has 0 aliphatic carbocycles. The van der Waals surface area contributed by atoms with E-state index in [0.29, 0.717) is 0 Å². The summed E-state index contributed by atoms with van der Waals surface area (Å²) in [5.41, 5.74) is -0.137. The first-order chi connectivity index (χ1) is 9.45. The Bertz CT molecular complexity index is 609. The zero-order valence-corrected chi connectivity index (χ0v) is 11.4. The minimum Gasteiger partial charge on any atom is -0.305 e. The van der Waals surface area contributed by atoms with Gasteiger partial charge in [0.1, 0.15) is 11.6 Å². The maximum absolute atomic E-state index is 13.5. The summed E-state index contributed by atoms with van der Waals surface area (Å²) in [6.07, 6.45) is 0. The fourth-order valence-corrected chi connectivity index (χ4v) is 1.78. The van der Waals surface area contributed by atoms with Gasteiger partial charge in [0.15, 0.2) is 0 Å². The van der Waals surface area contributed by atoms with Gasteiger partial charge in [-0.1, -0.05) is 23.2 Å². The molecule has 0 spiro atoms. The fourth-order valence-electron chi connectivity index (χ4n) is 1.46. The van der Waals surface area contributed by atoms with E-state index >= 15 is 0 Å². The lowest BCUT2D eigenvalue weighted by Gasteiger charge is -2.09. The Kier molecular flexibility index (Phi) is 4.42. The molecule has 0 radical (unpaired) electrons. The average molecular weight is 317 g/mol. The number of carbonyl (C=O) groups is 1. The summed E-state index contributed by atoms with van der Waals surface area (Å²) in [7, 11) is 0. The summed E-state index contributed by atoms with van der Waals surface area (Å²) < 4.78 is 26.9. The number of halogens is 4. The molecule has 0 heterocycles. The highest BCUT2D eigenvalue weighted by atomic mass is 35.5. The third kappa shape index (κ3) is 3.59. The van der Waals surface area contributed by atoms with Crippen LogP contribution in [0.25, 0.3) is 0 Å². The van der Waals surface area contributed by atoms with E-state index in [1.54, 1.807) is 0 Å². The molecule has 0 saturated heterocycles. The van der Waals surface area contributed by atoms with Gasteiger partial charge in [0.2, 0.25) is 0 Å². The Morgan fingerprint density at radius 3 is 1.60 bits per heavy atom. The van der Waals surface area contributed by atoms with Crippen LogP contribution in [0.4, 0.5) is 25.0 Å². The quantitative estimate of drug-likeness (QED) is 0.811. The number of amides is 2. The first-order valence-corrected chi connectivity index (χ1v) is 6.19. The molecule has 2 N–H and O–H groups in total. The van der Waals surface area contributed by atoms with Crippen molar-refractivity contribution < 1.29 is 13.6 Å². The summed E-state index contributed by atoms with van der Waals surface area (Å²) in [5, 5.41) is 4.90. The lowest BCUT2D eigenvalue weighted by molar-refractivity contribution is 0.262. The van der Waals surface area contributed by atoms with Gasteiger partial charge in [0.25, 0.3) is 0 Å². The van der Waals surface area contributed by atoms with Gasteiger partial charge in [-0.05, 0) is 36.4 Å². The van der Waals surface area contributed by atoms with E-state index in [9.17, 15) is 13.6 Å². The van der Waals surface area contributed by atoms with E-state index < -0.39 is 17.7 Å².